The van der Waals surface area contributed by atoms with Crippen molar-refractivity contribution in [3.05, 3.63) is 35.5 Å². The van der Waals surface area contributed by atoms with Gasteiger partial charge in [-0.1, -0.05) is 18.2 Å². The molecule has 16 heavy (non-hydrogen) atoms. The predicted molar refractivity (Wildman–Crippen MR) is 63.9 cm³/mol. The number of hydrogen-bond donors (Lipinski definition) is 1. The summed E-state index contributed by atoms with van der Waals surface area (Å²) in [6, 6.07) is 7.90. The number of amides is 1. The van der Waals surface area contributed by atoms with Crippen molar-refractivity contribution in [3.63, 3.8) is 0 Å². The van der Waals surface area contributed by atoms with Gasteiger partial charge in [-0.15, -0.1) is 0 Å². The molecule has 0 saturated carbocycles. The van der Waals surface area contributed by atoms with Crippen LogP contribution in [-0.4, -0.2) is 24.4 Å². The zero-order valence-electron chi connectivity index (χ0n) is 9.29. The molecule has 82 valence electrons. The van der Waals surface area contributed by atoms with Crippen molar-refractivity contribution in [2.45, 2.75) is 12.8 Å². The molecule has 2 aliphatic rings. The molecule has 1 fully saturated rings. The van der Waals surface area contributed by atoms with Crippen LogP contribution < -0.4 is 5.32 Å². The second-order valence-corrected chi connectivity index (χ2v) is 4.35. The first kappa shape index (κ1) is 9.46. The zero-order valence-corrected chi connectivity index (χ0v) is 9.29. The SMILES string of the molecule is CN1CCCC1=C1C(=O)Nc2ccccc21. The Morgan fingerprint density at radius 3 is 2.88 bits per heavy atom. The van der Waals surface area contributed by atoms with Crippen LogP contribution in [0.1, 0.15) is 18.4 Å². The van der Waals surface area contributed by atoms with Gasteiger partial charge in [0.25, 0.3) is 5.91 Å². The van der Waals surface area contributed by atoms with E-state index in [1.807, 2.05) is 24.3 Å². The minimum absolute atomic E-state index is 0.0463. The number of fused-ring (bicyclic) bond motifs is 1. The van der Waals surface area contributed by atoms with Gasteiger partial charge in [-0.3, -0.25) is 4.79 Å². The van der Waals surface area contributed by atoms with Crippen LogP contribution in [-0.2, 0) is 4.79 Å². The summed E-state index contributed by atoms with van der Waals surface area (Å²) in [6.45, 7) is 1.05. The van der Waals surface area contributed by atoms with Crippen LogP contribution in [0.25, 0.3) is 5.57 Å². The molecule has 3 heteroatoms. The normalized spacial score (nSPS) is 23.6. The van der Waals surface area contributed by atoms with Crippen LogP contribution in [0, 0.1) is 0 Å². The Morgan fingerprint density at radius 2 is 2.12 bits per heavy atom. The molecule has 1 aromatic rings. The molecule has 1 saturated heterocycles. The summed E-state index contributed by atoms with van der Waals surface area (Å²) in [7, 11) is 2.06. The summed E-state index contributed by atoms with van der Waals surface area (Å²) < 4.78 is 0. The fourth-order valence-corrected chi connectivity index (χ4v) is 2.53. The lowest BCUT2D eigenvalue weighted by Crippen LogP contribution is -2.15. The lowest BCUT2D eigenvalue weighted by molar-refractivity contribution is -0.110. The zero-order chi connectivity index (χ0) is 11.1. The fourth-order valence-electron chi connectivity index (χ4n) is 2.53. The third-order valence-corrected chi connectivity index (χ3v) is 3.33. The number of anilines is 1. The van der Waals surface area contributed by atoms with Crippen LogP contribution in [0.3, 0.4) is 0 Å². The monoisotopic (exact) mass is 214 g/mol. The van der Waals surface area contributed by atoms with E-state index in [-0.39, 0.29) is 5.91 Å². The predicted octanol–water partition coefficient (Wildman–Crippen LogP) is 2.08. The summed E-state index contributed by atoms with van der Waals surface area (Å²) in [5, 5.41) is 2.92. The molecule has 1 aromatic carbocycles. The van der Waals surface area contributed by atoms with Crippen LogP contribution in [0.15, 0.2) is 30.0 Å². The Morgan fingerprint density at radius 1 is 1.31 bits per heavy atom. The molecule has 2 heterocycles. The highest BCUT2D eigenvalue weighted by atomic mass is 16.2. The molecule has 0 radical (unpaired) electrons. The first-order valence-corrected chi connectivity index (χ1v) is 5.62. The number of carbonyl (C=O) groups is 1. The van der Waals surface area contributed by atoms with Crippen LogP contribution >= 0.6 is 0 Å². The van der Waals surface area contributed by atoms with E-state index in [1.165, 1.54) is 5.70 Å². The lowest BCUT2D eigenvalue weighted by Gasteiger charge is -2.14. The summed E-state index contributed by atoms with van der Waals surface area (Å²) >= 11 is 0. The Labute approximate surface area is 94.8 Å². The minimum Gasteiger partial charge on any atom is -0.377 e. The molecular weight excluding hydrogens is 200 g/mol. The molecule has 0 bridgehead atoms. The molecule has 1 N–H and O–H groups in total. The van der Waals surface area contributed by atoms with Crippen LogP contribution in [0.4, 0.5) is 5.69 Å². The van der Waals surface area contributed by atoms with Gasteiger partial charge in [-0.05, 0) is 18.9 Å². The molecule has 0 aromatic heterocycles. The van der Waals surface area contributed by atoms with Gasteiger partial charge in [0, 0.05) is 30.5 Å². The molecule has 0 aliphatic carbocycles. The van der Waals surface area contributed by atoms with Crippen LogP contribution in [0.2, 0.25) is 0 Å². The Balaban J connectivity index is 2.18. The number of benzene rings is 1. The first-order valence-electron chi connectivity index (χ1n) is 5.62. The van der Waals surface area contributed by atoms with Crippen molar-refractivity contribution in [1.82, 2.24) is 4.90 Å². The lowest BCUT2D eigenvalue weighted by atomic mass is 10.0. The quantitative estimate of drug-likeness (QED) is 0.670. The molecular formula is C13H14N2O. The third-order valence-electron chi connectivity index (χ3n) is 3.33. The average molecular weight is 214 g/mol. The van der Waals surface area contributed by atoms with E-state index in [0.717, 1.165) is 36.2 Å². The molecule has 0 spiro atoms. The highest BCUT2D eigenvalue weighted by Gasteiger charge is 2.29. The van der Waals surface area contributed by atoms with Gasteiger partial charge in [0.2, 0.25) is 0 Å². The number of likely N-dealkylation sites (tertiary alicyclic amines) is 1. The van der Waals surface area contributed by atoms with E-state index < -0.39 is 0 Å². The van der Waals surface area contributed by atoms with Crippen molar-refractivity contribution in [2.24, 2.45) is 0 Å². The Hall–Kier alpha value is -1.77. The average Bonchev–Trinajstić information content (AvgIpc) is 2.81. The van der Waals surface area contributed by atoms with E-state index in [0.29, 0.717) is 0 Å². The van der Waals surface area contributed by atoms with E-state index in [4.69, 9.17) is 0 Å². The van der Waals surface area contributed by atoms with Crippen molar-refractivity contribution in [1.29, 1.82) is 0 Å². The standard InChI is InChI=1S/C13H14N2O/c1-15-8-4-7-11(15)12-9-5-2-3-6-10(9)14-13(12)16/h2-3,5-6H,4,7-8H2,1H3,(H,14,16). The molecule has 3 nitrogen and oxygen atoms in total. The van der Waals surface area contributed by atoms with E-state index in [2.05, 4.69) is 17.3 Å². The Bertz CT molecular complexity index is 490. The number of para-hydroxylation sites is 1. The fraction of sp³-hybridized carbons (Fsp3) is 0.308. The van der Waals surface area contributed by atoms with Gasteiger partial charge in [-0.2, -0.15) is 0 Å². The van der Waals surface area contributed by atoms with Gasteiger partial charge in [-0.25, -0.2) is 0 Å². The maximum Gasteiger partial charge on any atom is 0.258 e. The topological polar surface area (TPSA) is 32.3 Å². The minimum atomic E-state index is 0.0463. The smallest absolute Gasteiger partial charge is 0.258 e. The highest BCUT2D eigenvalue weighted by Crippen LogP contribution is 2.37. The summed E-state index contributed by atoms with van der Waals surface area (Å²) in [4.78, 5) is 14.2. The number of nitrogens with zero attached hydrogens (tertiary/aromatic N) is 1. The number of allylic oxidation sites excluding steroid dienone is 1. The maximum atomic E-state index is 12.0. The largest absolute Gasteiger partial charge is 0.377 e. The number of nitrogens with one attached hydrogen (secondary N) is 1. The number of carbonyl (C=O) groups excluding carboxylic acids is 1. The van der Waals surface area contributed by atoms with Gasteiger partial charge < -0.3 is 10.2 Å². The summed E-state index contributed by atoms with van der Waals surface area (Å²) in [5.41, 5.74) is 4.05. The van der Waals surface area contributed by atoms with Gasteiger partial charge in [0.1, 0.15) is 0 Å². The Kier molecular flexibility index (Phi) is 1.99. The van der Waals surface area contributed by atoms with Crippen molar-refractivity contribution >= 4 is 17.2 Å². The first-order chi connectivity index (χ1) is 7.77. The number of hydrogen-bond acceptors (Lipinski definition) is 2. The van der Waals surface area contributed by atoms with Crippen molar-refractivity contribution in [2.75, 3.05) is 18.9 Å². The highest BCUT2D eigenvalue weighted by molar-refractivity contribution is 6.32. The summed E-state index contributed by atoms with van der Waals surface area (Å²) in [5.74, 6) is 0.0463. The third kappa shape index (κ3) is 1.24. The van der Waals surface area contributed by atoms with E-state index >= 15 is 0 Å². The maximum absolute atomic E-state index is 12.0. The number of rotatable bonds is 0. The van der Waals surface area contributed by atoms with Crippen LogP contribution in [0.5, 0.6) is 0 Å². The summed E-state index contributed by atoms with van der Waals surface area (Å²) in [6.07, 6.45) is 2.15. The van der Waals surface area contributed by atoms with Gasteiger partial charge in [0.15, 0.2) is 0 Å². The van der Waals surface area contributed by atoms with Gasteiger partial charge in [0.05, 0.1) is 5.57 Å². The van der Waals surface area contributed by atoms with Crippen molar-refractivity contribution in [3.8, 4) is 0 Å². The second kappa shape index (κ2) is 3.37. The van der Waals surface area contributed by atoms with E-state index in [1.54, 1.807) is 0 Å². The molecule has 1 amide bonds. The molecule has 3 rings (SSSR count). The molecule has 2 aliphatic heterocycles. The molecule has 0 unspecified atom stereocenters. The van der Waals surface area contributed by atoms with E-state index in [9.17, 15) is 4.79 Å². The van der Waals surface area contributed by atoms with Crippen molar-refractivity contribution < 1.29 is 4.79 Å². The molecule has 0 atom stereocenters. The second-order valence-electron chi connectivity index (χ2n) is 4.35. The van der Waals surface area contributed by atoms with Gasteiger partial charge >= 0.3 is 0 Å².